The van der Waals surface area contributed by atoms with E-state index in [0.717, 1.165) is 22.5 Å². The lowest BCUT2D eigenvalue weighted by Crippen LogP contribution is -2.26. The van der Waals surface area contributed by atoms with E-state index in [-0.39, 0.29) is 16.3 Å². The van der Waals surface area contributed by atoms with E-state index < -0.39 is 20.8 Å². The van der Waals surface area contributed by atoms with Crippen LogP contribution in [-0.4, -0.2) is 20.4 Å². The molecule has 0 unspecified atom stereocenters. The molecule has 2 rings (SSSR count). The van der Waals surface area contributed by atoms with E-state index in [4.69, 9.17) is 0 Å². The number of halogens is 1. The fraction of sp³-hybridized carbons (Fsp3) is 0.143. The Morgan fingerprint density at radius 2 is 1.73 bits per heavy atom. The fourth-order valence-electron chi connectivity index (χ4n) is 1.89. The lowest BCUT2D eigenvalue weighted by atomic mass is 10.2. The molecule has 0 amide bonds. The van der Waals surface area contributed by atoms with E-state index in [1.165, 1.54) is 38.2 Å². The van der Waals surface area contributed by atoms with Crippen molar-refractivity contribution in [1.29, 1.82) is 0 Å². The van der Waals surface area contributed by atoms with Crippen LogP contribution in [0.5, 0.6) is 0 Å². The van der Waals surface area contributed by atoms with Gasteiger partial charge in [-0.05, 0) is 37.3 Å². The van der Waals surface area contributed by atoms with E-state index in [0.29, 0.717) is 5.56 Å². The molecule has 6 nitrogen and oxygen atoms in total. The highest BCUT2D eigenvalue weighted by Crippen LogP contribution is 2.26. The molecule has 0 radical (unpaired) electrons. The highest BCUT2D eigenvalue weighted by molar-refractivity contribution is 7.92. The first-order valence-electron chi connectivity index (χ1n) is 6.23. The van der Waals surface area contributed by atoms with Gasteiger partial charge in [-0.2, -0.15) is 0 Å². The summed E-state index contributed by atoms with van der Waals surface area (Å²) in [6.45, 7) is 1.53. The molecule has 2 aromatic rings. The summed E-state index contributed by atoms with van der Waals surface area (Å²) >= 11 is 0. The molecular weight excluding hydrogens is 311 g/mol. The normalized spacial score (nSPS) is 11.2. The Morgan fingerprint density at radius 1 is 1.14 bits per heavy atom. The number of hydrogen-bond acceptors (Lipinski definition) is 4. The van der Waals surface area contributed by atoms with E-state index in [1.807, 2.05) is 0 Å². The van der Waals surface area contributed by atoms with Crippen molar-refractivity contribution in [3.8, 4) is 0 Å². The van der Waals surface area contributed by atoms with Crippen LogP contribution in [0.4, 0.5) is 15.8 Å². The molecule has 0 aliphatic heterocycles. The van der Waals surface area contributed by atoms with Crippen molar-refractivity contribution in [1.82, 2.24) is 0 Å². The third-order valence-electron chi connectivity index (χ3n) is 3.23. The predicted octanol–water partition coefficient (Wildman–Crippen LogP) is 2.87. The maximum atomic E-state index is 12.9. The zero-order valence-electron chi connectivity index (χ0n) is 11.9. The predicted molar refractivity (Wildman–Crippen MR) is 79.8 cm³/mol. The molecule has 0 aromatic heterocycles. The Bertz CT molecular complexity index is 819. The molecule has 0 aliphatic carbocycles. The van der Waals surface area contributed by atoms with Crippen LogP contribution in [-0.2, 0) is 10.0 Å². The van der Waals surface area contributed by atoms with Gasteiger partial charge in [-0.15, -0.1) is 0 Å². The molecule has 116 valence electrons. The lowest BCUT2D eigenvalue weighted by Gasteiger charge is -2.19. The maximum absolute atomic E-state index is 12.9. The number of aryl methyl sites for hydroxylation is 1. The number of anilines is 1. The second-order valence-corrected chi connectivity index (χ2v) is 6.62. The molecule has 22 heavy (non-hydrogen) atoms. The third-order valence-corrected chi connectivity index (χ3v) is 5.01. The summed E-state index contributed by atoms with van der Waals surface area (Å²) < 4.78 is 38.9. The first kappa shape index (κ1) is 15.9. The molecule has 0 spiro atoms. The van der Waals surface area contributed by atoms with Crippen LogP contribution in [0.1, 0.15) is 5.56 Å². The minimum absolute atomic E-state index is 0.198. The van der Waals surface area contributed by atoms with Crippen LogP contribution >= 0.6 is 0 Å². The van der Waals surface area contributed by atoms with Crippen molar-refractivity contribution < 1.29 is 17.7 Å². The fourth-order valence-corrected chi connectivity index (χ4v) is 3.11. The first-order valence-corrected chi connectivity index (χ1v) is 7.67. The zero-order chi connectivity index (χ0) is 16.5. The van der Waals surface area contributed by atoms with E-state index in [1.54, 1.807) is 0 Å². The van der Waals surface area contributed by atoms with Crippen LogP contribution in [0, 0.1) is 22.9 Å². The molecule has 0 fully saturated rings. The molecule has 2 aromatic carbocycles. The van der Waals surface area contributed by atoms with Crippen LogP contribution < -0.4 is 4.31 Å². The Balaban J connectivity index is 2.48. The molecule has 0 atom stereocenters. The topological polar surface area (TPSA) is 80.5 Å². The van der Waals surface area contributed by atoms with Gasteiger partial charge < -0.3 is 0 Å². The highest BCUT2D eigenvalue weighted by atomic mass is 32.2. The van der Waals surface area contributed by atoms with Crippen molar-refractivity contribution in [2.24, 2.45) is 0 Å². The Labute approximate surface area is 127 Å². The molecule has 0 saturated carbocycles. The van der Waals surface area contributed by atoms with Gasteiger partial charge in [0.2, 0.25) is 0 Å². The average Bonchev–Trinajstić information content (AvgIpc) is 2.47. The van der Waals surface area contributed by atoms with Crippen molar-refractivity contribution in [2.75, 3.05) is 11.4 Å². The molecule has 0 bridgehead atoms. The Hall–Kier alpha value is -2.48. The van der Waals surface area contributed by atoms with Gasteiger partial charge in [-0.3, -0.25) is 14.4 Å². The quantitative estimate of drug-likeness (QED) is 0.640. The van der Waals surface area contributed by atoms with Crippen LogP contribution in [0.25, 0.3) is 0 Å². The smallest absolute Gasteiger partial charge is 0.269 e. The van der Waals surface area contributed by atoms with Crippen molar-refractivity contribution in [2.45, 2.75) is 11.8 Å². The second-order valence-electron chi connectivity index (χ2n) is 4.65. The third kappa shape index (κ3) is 2.91. The molecular formula is C14H13FN2O4S. The number of nitro groups is 1. The largest absolute Gasteiger partial charge is 0.273 e. The van der Waals surface area contributed by atoms with Crippen LogP contribution in [0.2, 0.25) is 0 Å². The maximum Gasteiger partial charge on any atom is 0.273 e. The van der Waals surface area contributed by atoms with Gasteiger partial charge in [0, 0.05) is 18.7 Å². The van der Waals surface area contributed by atoms with E-state index in [2.05, 4.69) is 0 Å². The van der Waals surface area contributed by atoms with Gasteiger partial charge in [0.15, 0.2) is 0 Å². The molecule has 0 saturated heterocycles. The molecule has 8 heteroatoms. The van der Waals surface area contributed by atoms with Crippen LogP contribution in [0.15, 0.2) is 47.4 Å². The summed E-state index contributed by atoms with van der Waals surface area (Å²) in [6.07, 6.45) is 0. The minimum atomic E-state index is -3.97. The van der Waals surface area contributed by atoms with Gasteiger partial charge in [0.25, 0.3) is 15.7 Å². The summed E-state index contributed by atoms with van der Waals surface area (Å²) in [5.74, 6) is -0.486. The number of benzene rings is 2. The summed E-state index contributed by atoms with van der Waals surface area (Å²) in [4.78, 5) is 10.1. The number of hydrogen-bond donors (Lipinski definition) is 0. The van der Waals surface area contributed by atoms with Crippen molar-refractivity contribution in [3.05, 3.63) is 64.0 Å². The summed E-state index contributed by atoms with van der Waals surface area (Å²) in [5.41, 5.74) is 0.353. The summed E-state index contributed by atoms with van der Waals surface area (Å²) in [6, 6.07) is 8.61. The first-order chi connectivity index (χ1) is 10.2. The number of sulfonamides is 1. The van der Waals surface area contributed by atoms with Gasteiger partial charge >= 0.3 is 0 Å². The van der Waals surface area contributed by atoms with Crippen LogP contribution in [0.3, 0.4) is 0 Å². The lowest BCUT2D eigenvalue weighted by molar-refractivity contribution is -0.385. The van der Waals surface area contributed by atoms with Crippen molar-refractivity contribution in [3.63, 3.8) is 0 Å². The minimum Gasteiger partial charge on any atom is -0.269 e. The van der Waals surface area contributed by atoms with Crippen molar-refractivity contribution >= 4 is 21.4 Å². The monoisotopic (exact) mass is 324 g/mol. The molecule has 0 N–H and O–H groups in total. The second kappa shape index (κ2) is 5.72. The van der Waals surface area contributed by atoms with Gasteiger partial charge in [0.05, 0.1) is 15.5 Å². The number of nitro benzene ring substituents is 1. The Morgan fingerprint density at radius 3 is 2.27 bits per heavy atom. The average molecular weight is 324 g/mol. The standard InChI is InChI=1S/C14H13FN2O4S/c1-10-3-8-13(9-14(10)17(18)19)22(20,21)16(2)12-6-4-11(15)5-7-12/h3-9H,1-2H3. The molecule has 0 heterocycles. The highest BCUT2D eigenvalue weighted by Gasteiger charge is 2.24. The zero-order valence-corrected chi connectivity index (χ0v) is 12.7. The SMILES string of the molecule is Cc1ccc(S(=O)(=O)N(C)c2ccc(F)cc2)cc1[N+](=O)[O-]. The van der Waals surface area contributed by atoms with E-state index >= 15 is 0 Å². The number of nitrogens with zero attached hydrogens (tertiary/aromatic N) is 2. The molecule has 0 aliphatic rings. The van der Waals surface area contributed by atoms with Gasteiger partial charge in [-0.25, -0.2) is 12.8 Å². The Kier molecular flexibility index (Phi) is 4.14. The van der Waals surface area contributed by atoms with Gasteiger partial charge in [0.1, 0.15) is 5.82 Å². The van der Waals surface area contributed by atoms with Gasteiger partial charge in [-0.1, -0.05) is 6.07 Å². The summed E-state index contributed by atoms with van der Waals surface area (Å²) in [5, 5.41) is 10.9. The van der Waals surface area contributed by atoms with E-state index in [9.17, 15) is 22.9 Å². The summed E-state index contributed by atoms with van der Waals surface area (Å²) in [7, 11) is -2.67. The number of rotatable bonds is 4.